The third-order valence-corrected chi connectivity index (χ3v) is 2.83. The van der Waals surface area contributed by atoms with Crippen molar-refractivity contribution in [2.24, 2.45) is 0 Å². The molecule has 0 aliphatic heterocycles. The summed E-state index contributed by atoms with van der Waals surface area (Å²) in [4.78, 5) is 4.33. The smallest absolute Gasteiger partial charge is 0.126 e. The first-order valence-electron chi connectivity index (χ1n) is 4.14. The lowest BCUT2D eigenvalue weighted by atomic mass is 10.3. The first-order valence-corrected chi connectivity index (χ1v) is 5.22. The molecule has 0 bridgehead atoms. The van der Waals surface area contributed by atoms with E-state index in [9.17, 15) is 0 Å². The van der Waals surface area contributed by atoms with E-state index in [4.69, 9.17) is 5.11 Å². The Balaban J connectivity index is 2.73. The van der Waals surface area contributed by atoms with Gasteiger partial charge in [-0.15, -0.1) is 0 Å². The van der Waals surface area contributed by atoms with Crippen molar-refractivity contribution in [3.8, 4) is 0 Å². The van der Waals surface area contributed by atoms with E-state index in [2.05, 4.69) is 32.9 Å². The van der Waals surface area contributed by atoms with Crippen molar-refractivity contribution >= 4 is 28.4 Å². The average Bonchev–Trinajstić information content (AvgIpc) is 2.11. The van der Waals surface area contributed by atoms with Crippen LogP contribution in [0.3, 0.4) is 0 Å². The van der Waals surface area contributed by atoms with E-state index in [1.54, 1.807) is 0 Å². The second kappa shape index (κ2) is 4.76. The van der Waals surface area contributed by atoms with Crippen molar-refractivity contribution in [2.45, 2.75) is 19.9 Å². The first-order chi connectivity index (χ1) is 6.13. The summed E-state index contributed by atoms with van der Waals surface area (Å²) in [6, 6.07) is 3.97. The summed E-state index contributed by atoms with van der Waals surface area (Å²) in [6.45, 7) is 4.00. The molecule has 0 spiro atoms. The fourth-order valence-electron chi connectivity index (χ4n) is 0.923. The Kier molecular flexibility index (Phi) is 3.92. The Hall–Kier alpha value is -0.360. The van der Waals surface area contributed by atoms with Crippen LogP contribution in [0.1, 0.15) is 12.6 Å². The summed E-state index contributed by atoms with van der Waals surface area (Å²) >= 11 is 2.24. The van der Waals surface area contributed by atoms with Gasteiger partial charge in [-0.3, -0.25) is 0 Å². The molecule has 2 N–H and O–H groups in total. The van der Waals surface area contributed by atoms with Gasteiger partial charge >= 0.3 is 0 Å². The molecule has 1 rings (SSSR count). The number of hydrogen-bond acceptors (Lipinski definition) is 3. The minimum absolute atomic E-state index is 0.0481. The monoisotopic (exact) mass is 292 g/mol. The number of aliphatic hydroxyl groups excluding tert-OH is 1. The molecule has 3 nitrogen and oxygen atoms in total. The summed E-state index contributed by atoms with van der Waals surface area (Å²) in [5.41, 5.74) is 1.01. The number of anilines is 1. The summed E-state index contributed by atoms with van der Waals surface area (Å²) in [6.07, 6.45) is 0. The fraction of sp³-hybridized carbons (Fsp3) is 0.444. The summed E-state index contributed by atoms with van der Waals surface area (Å²) in [5, 5.41) is 11.9. The van der Waals surface area contributed by atoms with E-state index >= 15 is 0 Å². The van der Waals surface area contributed by atoms with E-state index in [-0.39, 0.29) is 12.6 Å². The van der Waals surface area contributed by atoms with Crippen LogP contribution in [-0.4, -0.2) is 22.7 Å². The predicted octanol–water partition coefficient (Wildman–Crippen LogP) is 1.79. The molecule has 72 valence electrons. The maximum atomic E-state index is 8.83. The first kappa shape index (κ1) is 10.7. The lowest BCUT2D eigenvalue weighted by Crippen LogP contribution is -2.20. The number of nitrogens with one attached hydrogen (secondary N) is 1. The van der Waals surface area contributed by atoms with Gasteiger partial charge in [0.05, 0.1) is 12.3 Å². The number of pyridine rings is 1. The maximum absolute atomic E-state index is 8.83. The molecule has 1 aromatic heterocycles. The minimum Gasteiger partial charge on any atom is -0.394 e. The third kappa shape index (κ3) is 3.11. The molecule has 1 atom stereocenters. The van der Waals surface area contributed by atoms with Crippen LogP contribution in [0.5, 0.6) is 0 Å². The van der Waals surface area contributed by atoms with Crippen LogP contribution in [0.2, 0.25) is 0 Å². The zero-order valence-corrected chi connectivity index (χ0v) is 9.87. The van der Waals surface area contributed by atoms with Crippen LogP contribution in [0.25, 0.3) is 0 Å². The normalized spacial score (nSPS) is 12.6. The fourth-order valence-corrected chi connectivity index (χ4v) is 1.22. The number of nitrogens with zero attached hydrogens (tertiary/aromatic N) is 1. The number of aromatic nitrogens is 1. The highest BCUT2D eigenvalue weighted by atomic mass is 127. The number of rotatable bonds is 3. The molecule has 0 unspecified atom stereocenters. The molecule has 13 heavy (non-hydrogen) atoms. The Bertz CT molecular complexity index is 291. The molecule has 0 saturated carbocycles. The zero-order chi connectivity index (χ0) is 9.84. The van der Waals surface area contributed by atoms with Gasteiger partial charge in [0.15, 0.2) is 0 Å². The summed E-state index contributed by atoms with van der Waals surface area (Å²) in [5.74, 6) is 0.819. The largest absolute Gasteiger partial charge is 0.394 e. The lowest BCUT2D eigenvalue weighted by Gasteiger charge is -2.11. The molecule has 1 aromatic rings. The van der Waals surface area contributed by atoms with Crippen LogP contribution in [0, 0.1) is 10.5 Å². The third-order valence-electron chi connectivity index (χ3n) is 1.69. The van der Waals surface area contributed by atoms with Gasteiger partial charge in [-0.25, -0.2) is 4.98 Å². The van der Waals surface area contributed by atoms with Gasteiger partial charge < -0.3 is 10.4 Å². The standard InChI is InChI=1S/C9H13IN2O/c1-6(5-13)11-9-4-3-8(10)7(2)12-9/h3-4,6,13H,5H2,1-2H3,(H,11,12)/t6-/m0/s1. The van der Waals surface area contributed by atoms with E-state index in [1.807, 2.05) is 26.0 Å². The van der Waals surface area contributed by atoms with Gasteiger partial charge in [0.25, 0.3) is 0 Å². The number of halogens is 1. The van der Waals surface area contributed by atoms with Crippen LogP contribution < -0.4 is 5.32 Å². The number of aliphatic hydroxyl groups is 1. The molecule has 0 fully saturated rings. The van der Waals surface area contributed by atoms with Crippen molar-refractivity contribution < 1.29 is 5.11 Å². The number of hydrogen-bond donors (Lipinski definition) is 2. The number of aryl methyl sites for hydroxylation is 1. The zero-order valence-electron chi connectivity index (χ0n) is 7.71. The van der Waals surface area contributed by atoms with Gasteiger partial charge in [-0.05, 0) is 48.6 Å². The van der Waals surface area contributed by atoms with E-state index < -0.39 is 0 Å². The molecular formula is C9H13IN2O. The van der Waals surface area contributed by atoms with E-state index in [0.29, 0.717) is 0 Å². The van der Waals surface area contributed by atoms with Crippen LogP contribution in [-0.2, 0) is 0 Å². The maximum Gasteiger partial charge on any atom is 0.126 e. The minimum atomic E-state index is 0.0481. The Morgan fingerprint density at radius 2 is 2.31 bits per heavy atom. The van der Waals surface area contributed by atoms with Crippen molar-refractivity contribution in [3.63, 3.8) is 0 Å². The predicted molar refractivity (Wildman–Crippen MR) is 61.9 cm³/mol. The Morgan fingerprint density at radius 1 is 1.62 bits per heavy atom. The second-order valence-electron chi connectivity index (χ2n) is 2.99. The van der Waals surface area contributed by atoms with E-state index in [0.717, 1.165) is 15.1 Å². The van der Waals surface area contributed by atoms with Gasteiger partial charge in [0, 0.05) is 9.61 Å². The van der Waals surface area contributed by atoms with Crippen LogP contribution in [0.4, 0.5) is 5.82 Å². The Morgan fingerprint density at radius 3 is 2.85 bits per heavy atom. The summed E-state index contributed by atoms with van der Waals surface area (Å²) < 4.78 is 1.15. The van der Waals surface area contributed by atoms with E-state index in [1.165, 1.54) is 0 Å². The quantitative estimate of drug-likeness (QED) is 0.835. The average molecular weight is 292 g/mol. The van der Waals surface area contributed by atoms with Gasteiger partial charge in [0.1, 0.15) is 5.82 Å². The van der Waals surface area contributed by atoms with Gasteiger partial charge in [0.2, 0.25) is 0 Å². The lowest BCUT2D eigenvalue weighted by molar-refractivity contribution is 0.281. The molecule has 0 radical (unpaired) electrons. The van der Waals surface area contributed by atoms with Gasteiger partial charge in [-0.1, -0.05) is 0 Å². The topological polar surface area (TPSA) is 45.2 Å². The molecule has 0 aliphatic rings. The highest BCUT2D eigenvalue weighted by molar-refractivity contribution is 14.1. The van der Waals surface area contributed by atoms with Crippen molar-refractivity contribution in [3.05, 3.63) is 21.4 Å². The van der Waals surface area contributed by atoms with Crippen molar-refractivity contribution in [2.75, 3.05) is 11.9 Å². The molecule has 0 aromatic carbocycles. The van der Waals surface area contributed by atoms with Crippen molar-refractivity contribution in [1.82, 2.24) is 4.98 Å². The summed E-state index contributed by atoms with van der Waals surface area (Å²) in [7, 11) is 0. The highest BCUT2D eigenvalue weighted by Gasteiger charge is 2.02. The van der Waals surface area contributed by atoms with Gasteiger partial charge in [-0.2, -0.15) is 0 Å². The molecule has 0 saturated heterocycles. The molecule has 1 heterocycles. The second-order valence-corrected chi connectivity index (χ2v) is 4.15. The molecule has 4 heteroatoms. The highest BCUT2D eigenvalue weighted by Crippen LogP contribution is 2.12. The van der Waals surface area contributed by atoms with Crippen LogP contribution in [0.15, 0.2) is 12.1 Å². The van der Waals surface area contributed by atoms with Crippen molar-refractivity contribution in [1.29, 1.82) is 0 Å². The molecular weight excluding hydrogens is 279 g/mol. The SMILES string of the molecule is Cc1nc(N[C@@H](C)CO)ccc1I. The van der Waals surface area contributed by atoms with Crippen LogP contribution >= 0.6 is 22.6 Å². The molecule has 0 amide bonds. The molecule has 0 aliphatic carbocycles. The Labute approximate surface area is 91.7 Å².